The normalized spacial score (nSPS) is 18.4. The summed E-state index contributed by atoms with van der Waals surface area (Å²) in [4.78, 5) is 29.9. The van der Waals surface area contributed by atoms with Crippen molar-refractivity contribution in [3.05, 3.63) is 77.3 Å². The molecule has 2 heterocycles. The molecule has 8 heteroatoms. The van der Waals surface area contributed by atoms with Gasteiger partial charge in [-0.1, -0.05) is 54.1 Å². The van der Waals surface area contributed by atoms with E-state index >= 15 is 0 Å². The van der Waals surface area contributed by atoms with Crippen molar-refractivity contribution in [3.63, 3.8) is 0 Å². The molecule has 0 aliphatic carbocycles. The second-order valence-electron chi connectivity index (χ2n) is 9.90. The fourth-order valence-electron chi connectivity index (χ4n) is 5.38. The maximum Gasteiger partial charge on any atom is 0.236 e. The van der Waals surface area contributed by atoms with Gasteiger partial charge in [0.05, 0.1) is 16.1 Å². The summed E-state index contributed by atoms with van der Waals surface area (Å²) in [5.41, 5.74) is 0.600. The third-order valence-corrected chi connectivity index (χ3v) is 9.51. The fourth-order valence-corrected chi connectivity index (χ4v) is 6.88. The molecule has 2 aliphatic heterocycles. The molecule has 5 rings (SSSR count). The highest BCUT2D eigenvalue weighted by Gasteiger charge is 2.52. The molecule has 3 aromatic rings. The molecule has 0 bridgehead atoms. The molecule has 2 amide bonds. The van der Waals surface area contributed by atoms with E-state index in [9.17, 15) is 18.0 Å². The number of piperidine rings is 1. The number of likely N-dealkylation sites (tertiary alicyclic amines) is 2. The quantitative estimate of drug-likeness (QED) is 0.419. The first kappa shape index (κ1) is 24.9. The highest BCUT2D eigenvalue weighted by atomic mass is 35.5. The first-order valence-electron chi connectivity index (χ1n) is 12.3. The summed E-state index contributed by atoms with van der Waals surface area (Å²) in [5.74, 6) is -0.440. The van der Waals surface area contributed by atoms with Crippen LogP contribution in [0.3, 0.4) is 0 Å². The zero-order valence-corrected chi connectivity index (χ0v) is 21.6. The van der Waals surface area contributed by atoms with E-state index < -0.39 is 15.3 Å². The Kier molecular flexibility index (Phi) is 6.90. The lowest BCUT2D eigenvalue weighted by molar-refractivity contribution is -0.142. The summed E-state index contributed by atoms with van der Waals surface area (Å²) in [6.07, 6.45) is 1.75. The van der Waals surface area contributed by atoms with Crippen LogP contribution in [-0.4, -0.2) is 55.4 Å². The summed E-state index contributed by atoms with van der Waals surface area (Å²) in [6, 6.07) is 20.5. The van der Waals surface area contributed by atoms with Crippen molar-refractivity contribution < 1.29 is 18.0 Å². The summed E-state index contributed by atoms with van der Waals surface area (Å²) in [7, 11) is -3.55. The van der Waals surface area contributed by atoms with Crippen LogP contribution in [0.4, 0.5) is 0 Å². The third kappa shape index (κ3) is 5.05. The maximum absolute atomic E-state index is 13.3. The molecule has 3 aromatic carbocycles. The molecule has 6 nitrogen and oxygen atoms in total. The summed E-state index contributed by atoms with van der Waals surface area (Å²) >= 11 is 6.02. The molecule has 2 fully saturated rings. The van der Waals surface area contributed by atoms with Gasteiger partial charge >= 0.3 is 0 Å². The van der Waals surface area contributed by atoms with E-state index in [4.69, 9.17) is 11.6 Å². The van der Waals surface area contributed by atoms with Crippen LogP contribution in [0, 0.1) is 5.41 Å². The van der Waals surface area contributed by atoms with E-state index in [0.29, 0.717) is 17.9 Å². The maximum atomic E-state index is 13.3. The Balaban J connectivity index is 1.18. The van der Waals surface area contributed by atoms with E-state index in [1.54, 1.807) is 36.4 Å². The number of hydrogen-bond acceptors (Lipinski definition) is 5. The number of imide groups is 1. The second-order valence-corrected chi connectivity index (χ2v) is 12.4. The first-order chi connectivity index (χ1) is 17.3. The van der Waals surface area contributed by atoms with Gasteiger partial charge in [0, 0.05) is 24.5 Å². The van der Waals surface area contributed by atoms with Crippen molar-refractivity contribution in [2.45, 2.75) is 37.1 Å². The van der Waals surface area contributed by atoms with E-state index in [1.165, 1.54) is 10.5 Å². The molecule has 0 atom stereocenters. The van der Waals surface area contributed by atoms with Crippen LogP contribution in [0.15, 0.2) is 71.6 Å². The Morgan fingerprint density at radius 3 is 2.33 bits per heavy atom. The smallest absolute Gasteiger partial charge is 0.236 e. The van der Waals surface area contributed by atoms with Gasteiger partial charge in [0.2, 0.25) is 11.8 Å². The zero-order chi connectivity index (χ0) is 25.3. The standard InChI is InChI=1S/C28H29ClN2O4S/c29-24-9-7-23-18-25(10-8-22(23)17-24)36(34,35)16-4-13-31-26(32)19-28(27(31)33)11-14-30(15-12-28)20-21-5-2-1-3-6-21/h1-3,5-10,17-18H,4,11-16,19-20H2. The zero-order valence-electron chi connectivity index (χ0n) is 20.0. The number of halogens is 1. The lowest BCUT2D eigenvalue weighted by atomic mass is 9.77. The Morgan fingerprint density at radius 1 is 0.889 bits per heavy atom. The van der Waals surface area contributed by atoms with E-state index in [-0.39, 0.29) is 41.8 Å². The number of sulfone groups is 1. The van der Waals surface area contributed by atoms with Gasteiger partial charge in [0.1, 0.15) is 0 Å². The molecule has 188 valence electrons. The Hall–Kier alpha value is -2.74. The minimum atomic E-state index is -3.55. The van der Waals surface area contributed by atoms with Crippen LogP contribution >= 0.6 is 11.6 Å². The lowest BCUT2D eigenvalue weighted by Gasteiger charge is -2.37. The van der Waals surface area contributed by atoms with Gasteiger partial charge in [-0.2, -0.15) is 0 Å². The van der Waals surface area contributed by atoms with Gasteiger partial charge in [-0.3, -0.25) is 19.4 Å². The monoisotopic (exact) mass is 524 g/mol. The molecule has 0 aromatic heterocycles. The van der Waals surface area contributed by atoms with Crippen LogP contribution in [-0.2, 0) is 26.0 Å². The van der Waals surface area contributed by atoms with E-state index in [0.717, 1.165) is 30.4 Å². The Morgan fingerprint density at radius 2 is 1.58 bits per heavy atom. The van der Waals surface area contributed by atoms with Gasteiger partial charge < -0.3 is 0 Å². The number of nitrogens with zero attached hydrogens (tertiary/aromatic N) is 2. The highest BCUT2D eigenvalue weighted by molar-refractivity contribution is 7.91. The largest absolute Gasteiger partial charge is 0.299 e. The molecular formula is C28H29ClN2O4S. The number of carbonyl (C=O) groups is 2. The molecule has 2 aliphatic rings. The molecule has 2 saturated heterocycles. The number of fused-ring (bicyclic) bond motifs is 1. The molecule has 0 saturated carbocycles. The number of carbonyl (C=O) groups excluding carboxylic acids is 2. The second kappa shape index (κ2) is 9.96. The minimum absolute atomic E-state index is 0.124. The van der Waals surface area contributed by atoms with Crippen molar-refractivity contribution >= 4 is 44.0 Å². The average molecular weight is 525 g/mol. The van der Waals surface area contributed by atoms with Gasteiger partial charge in [-0.25, -0.2) is 8.42 Å². The van der Waals surface area contributed by atoms with Crippen LogP contribution < -0.4 is 0 Å². The molecule has 1 spiro atoms. The summed E-state index contributed by atoms with van der Waals surface area (Å²) in [5, 5.41) is 2.26. The first-order valence-corrected chi connectivity index (χ1v) is 14.3. The van der Waals surface area contributed by atoms with Crippen molar-refractivity contribution in [2.75, 3.05) is 25.4 Å². The number of amides is 2. The van der Waals surface area contributed by atoms with Gasteiger partial charge in [0.25, 0.3) is 0 Å². The van der Waals surface area contributed by atoms with Crippen LogP contribution in [0.25, 0.3) is 10.8 Å². The van der Waals surface area contributed by atoms with Gasteiger partial charge in [0.15, 0.2) is 9.84 Å². The van der Waals surface area contributed by atoms with Crippen LogP contribution in [0.1, 0.15) is 31.2 Å². The fraction of sp³-hybridized carbons (Fsp3) is 0.357. The molecule has 36 heavy (non-hydrogen) atoms. The van der Waals surface area contributed by atoms with Crippen molar-refractivity contribution in [2.24, 2.45) is 5.41 Å². The third-order valence-electron chi connectivity index (χ3n) is 7.48. The SMILES string of the molecule is O=C1CC2(CCN(Cc3ccccc3)CC2)C(=O)N1CCCS(=O)(=O)c1ccc2cc(Cl)ccc2c1. The summed E-state index contributed by atoms with van der Waals surface area (Å²) in [6.45, 7) is 2.50. The van der Waals surface area contributed by atoms with Crippen LogP contribution in [0.5, 0.6) is 0 Å². The van der Waals surface area contributed by atoms with Crippen LogP contribution in [0.2, 0.25) is 5.02 Å². The van der Waals surface area contributed by atoms with E-state index in [2.05, 4.69) is 17.0 Å². The molecule has 0 N–H and O–H groups in total. The lowest BCUT2D eigenvalue weighted by Crippen LogP contribution is -2.44. The number of rotatable bonds is 7. The Labute approximate surface area is 216 Å². The van der Waals surface area contributed by atoms with E-state index in [1.807, 2.05) is 18.2 Å². The number of benzene rings is 3. The predicted molar refractivity (Wildman–Crippen MR) is 140 cm³/mol. The molecule has 0 unspecified atom stereocenters. The topological polar surface area (TPSA) is 74.8 Å². The van der Waals surface area contributed by atoms with Crippen molar-refractivity contribution in [1.29, 1.82) is 0 Å². The minimum Gasteiger partial charge on any atom is -0.299 e. The highest BCUT2D eigenvalue weighted by Crippen LogP contribution is 2.42. The number of hydrogen-bond donors (Lipinski definition) is 0. The van der Waals surface area contributed by atoms with Crippen molar-refractivity contribution in [3.8, 4) is 0 Å². The predicted octanol–water partition coefficient (Wildman–Crippen LogP) is 4.70. The van der Waals surface area contributed by atoms with Gasteiger partial charge in [-0.15, -0.1) is 0 Å². The average Bonchev–Trinajstić information content (AvgIpc) is 3.09. The molecule has 0 radical (unpaired) electrons. The molecular weight excluding hydrogens is 496 g/mol. The Bertz CT molecular complexity index is 1400. The van der Waals surface area contributed by atoms with Crippen molar-refractivity contribution in [1.82, 2.24) is 9.80 Å². The van der Waals surface area contributed by atoms with Gasteiger partial charge in [-0.05, 0) is 73.0 Å². The summed E-state index contributed by atoms with van der Waals surface area (Å²) < 4.78 is 25.9.